The zero-order chi connectivity index (χ0) is 22.7. The zero-order valence-corrected chi connectivity index (χ0v) is 20.1. The van der Waals surface area contributed by atoms with Gasteiger partial charge in [0.25, 0.3) is 7.48 Å². The third kappa shape index (κ3) is 7.32. The number of aliphatic hydroxyl groups excluding tert-OH is 1. The normalized spacial score (nSPS) is 30.4. The van der Waals surface area contributed by atoms with Crippen molar-refractivity contribution < 1.29 is 24.0 Å². The van der Waals surface area contributed by atoms with Gasteiger partial charge in [-0.1, -0.05) is 24.5 Å². The SMILES string of the molecule is CC(C)(C)OC(O)C1CCC[C@H](C2=CCC([B]OC(C)(C)C(C)(C)O)CC2)C(F)C1. The number of aliphatic hydroxyl groups is 2. The molecule has 1 saturated carbocycles. The minimum Gasteiger partial charge on any atom is -0.433 e. The van der Waals surface area contributed by atoms with E-state index < -0.39 is 29.3 Å². The predicted molar refractivity (Wildman–Crippen MR) is 120 cm³/mol. The summed E-state index contributed by atoms with van der Waals surface area (Å²) in [6.45, 7) is 13.0. The van der Waals surface area contributed by atoms with Gasteiger partial charge in [-0.3, -0.25) is 0 Å². The summed E-state index contributed by atoms with van der Waals surface area (Å²) >= 11 is 0. The molecule has 2 aliphatic rings. The highest BCUT2D eigenvalue weighted by molar-refractivity contribution is 6.29. The summed E-state index contributed by atoms with van der Waals surface area (Å²) < 4.78 is 26.8. The van der Waals surface area contributed by atoms with Crippen LogP contribution in [0.5, 0.6) is 0 Å². The maximum Gasteiger partial charge on any atom is 0.296 e. The number of rotatable bonds is 7. The van der Waals surface area contributed by atoms with Crippen LogP contribution in [-0.2, 0) is 9.39 Å². The van der Waals surface area contributed by atoms with Crippen molar-refractivity contribution >= 4 is 7.48 Å². The molecule has 0 aromatic rings. The first-order valence-electron chi connectivity index (χ1n) is 11.6. The molecule has 0 bridgehead atoms. The quantitative estimate of drug-likeness (QED) is 0.250. The van der Waals surface area contributed by atoms with Crippen molar-refractivity contribution in [2.45, 2.75) is 128 Å². The van der Waals surface area contributed by atoms with Crippen molar-refractivity contribution in [3.63, 3.8) is 0 Å². The second-order valence-electron chi connectivity index (χ2n) is 11.3. The smallest absolute Gasteiger partial charge is 0.296 e. The standard InChI is InChI=1S/C24H43BFO4/c1-22(2,3)29-21(27)17-9-8-10-19(20(26)15-17)16-11-13-18(14-12-16)25-30-24(6,7)23(4,5)28/h11,17-21,27-28H,8-10,12-15H2,1-7H3/t17?,18?,19-,20?,21?/m1/s1. The van der Waals surface area contributed by atoms with Crippen LogP contribution in [0.15, 0.2) is 11.6 Å². The zero-order valence-electron chi connectivity index (χ0n) is 20.1. The Kier molecular flexibility index (Phi) is 8.62. The Morgan fingerprint density at radius 2 is 1.77 bits per heavy atom. The lowest BCUT2D eigenvalue weighted by molar-refractivity contribution is -0.195. The van der Waals surface area contributed by atoms with Gasteiger partial charge in [0.15, 0.2) is 6.29 Å². The van der Waals surface area contributed by atoms with Gasteiger partial charge < -0.3 is 19.6 Å². The molecule has 0 aromatic heterocycles. The summed E-state index contributed by atoms with van der Waals surface area (Å²) in [6.07, 6.45) is 5.93. The molecule has 30 heavy (non-hydrogen) atoms. The van der Waals surface area contributed by atoms with Crippen molar-refractivity contribution in [3.05, 3.63) is 11.6 Å². The highest BCUT2D eigenvalue weighted by Gasteiger charge is 2.38. The van der Waals surface area contributed by atoms with Gasteiger partial charge in [-0.25, -0.2) is 4.39 Å². The second-order valence-corrected chi connectivity index (χ2v) is 11.3. The Balaban J connectivity index is 1.90. The van der Waals surface area contributed by atoms with E-state index >= 15 is 4.39 Å². The summed E-state index contributed by atoms with van der Waals surface area (Å²) in [5, 5.41) is 20.7. The molecule has 0 heterocycles. The van der Waals surface area contributed by atoms with Gasteiger partial charge in [-0.15, -0.1) is 0 Å². The molecule has 173 valence electrons. The molecule has 0 aromatic carbocycles. The molecule has 5 atom stereocenters. The topological polar surface area (TPSA) is 58.9 Å². The Labute approximate surface area is 183 Å². The highest BCUT2D eigenvalue weighted by Crippen LogP contribution is 2.41. The third-order valence-electron chi connectivity index (χ3n) is 6.92. The van der Waals surface area contributed by atoms with Crippen molar-refractivity contribution in [2.24, 2.45) is 11.8 Å². The first-order chi connectivity index (χ1) is 13.7. The molecule has 0 amide bonds. The molecule has 0 aliphatic heterocycles. The van der Waals surface area contributed by atoms with Crippen molar-refractivity contribution in [1.29, 1.82) is 0 Å². The molecule has 0 spiro atoms. The molecule has 2 rings (SSSR count). The number of ether oxygens (including phenoxy) is 1. The monoisotopic (exact) mass is 425 g/mol. The van der Waals surface area contributed by atoms with Crippen LogP contribution in [0.2, 0.25) is 5.82 Å². The Bertz CT molecular complexity index is 579. The van der Waals surface area contributed by atoms with Crippen LogP contribution in [0.1, 0.15) is 93.4 Å². The first kappa shape index (κ1) is 25.8. The number of alkyl halides is 1. The van der Waals surface area contributed by atoms with Gasteiger partial charge in [0, 0.05) is 11.8 Å². The van der Waals surface area contributed by atoms with E-state index in [4.69, 9.17) is 9.39 Å². The lowest BCUT2D eigenvalue weighted by Gasteiger charge is -2.39. The van der Waals surface area contributed by atoms with E-state index in [1.165, 1.54) is 5.57 Å². The van der Waals surface area contributed by atoms with Gasteiger partial charge >= 0.3 is 0 Å². The molecular weight excluding hydrogens is 382 g/mol. The van der Waals surface area contributed by atoms with Gasteiger partial charge in [0.05, 0.1) is 16.8 Å². The average Bonchev–Trinajstić information content (AvgIpc) is 2.80. The average molecular weight is 425 g/mol. The summed E-state index contributed by atoms with van der Waals surface area (Å²) in [6, 6.07) is 0. The molecule has 2 aliphatic carbocycles. The third-order valence-corrected chi connectivity index (χ3v) is 6.92. The molecular formula is C24H43BFO4. The van der Waals surface area contributed by atoms with Crippen LogP contribution >= 0.6 is 0 Å². The molecule has 0 saturated heterocycles. The van der Waals surface area contributed by atoms with Gasteiger partial charge in [-0.05, 0) is 86.4 Å². The molecule has 2 N–H and O–H groups in total. The minimum absolute atomic E-state index is 0.0495. The fraction of sp³-hybridized carbons (Fsp3) is 0.917. The van der Waals surface area contributed by atoms with Crippen LogP contribution in [0, 0.1) is 11.8 Å². The molecule has 6 heteroatoms. The lowest BCUT2D eigenvalue weighted by Crippen LogP contribution is -2.48. The number of allylic oxidation sites excluding steroid dienone is 2. The van der Waals surface area contributed by atoms with E-state index in [2.05, 4.69) is 6.08 Å². The van der Waals surface area contributed by atoms with E-state index in [0.717, 1.165) is 38.5 Å². The summed E-state index contributed by atoms with van der Waals surface area (Å²) in [5.74, 6) is 0.0902. The lowest BCUT2D eigenvalue weighted by atomic mass is 9.68. The highest BCUT2D eigenvalue weighted by atomic mass is 19.1. The minimum atomic E-state index is -0.937. The fourth-order valence-electron chi connectivity index (χ4n) is 4.23. The van der Waals surface area contributed by atoms with E-state index in [-0.39, 0.29) is 17.7 Å². The predicted octanol–water partition coefficient (Wildman–Crippen LogP) is 5.35. The maximum atomic E-state index is 15.2. The molecule has 4 unspecified atom stereocenters. The summed E-state index contributed by atoms with van der Waals surface area (Å²) in [4.78, 5) is 0. The van der Waals surface area contributed by atoms with E-state index in [0.29, 0.717) is 6.42 Å². The number of halogens is 1. The van der Waals surface area contributed by atoms with Crippen LogP contribution in [-0.4, -0.2) is 47.0 Å². The van der Waals surface area contributed by atoms with Gasteiger partial charge in [-0.2, -0.15) is 0 Å². The Hall–Kier alpha value is -0.425. The van der Waals surface area contributed by atoms with E-state index in [9.17, 15) is 10.2 Å². The summed E-state index contributed by atoms with van der Waals surface area (Å²) in [7, 11) is 1.86. The number of hydrogen-bond acceptors (Lipinski definition) is 4. The second kappa shape index (κ2) is 10.0. The maximum absolute atomic E-state index is 15.2. The summed E-state index contributed by atoms with van der Waals surface area (Å²) in [5.41, 5.74) is -0.803. The van der Waals surface area contributed by atoms with Crippen molar-refractivity contribution in [2.75, 3.05) is 0 Å². The van der Waals surface area contributed by atoms with Crippen molar-refractivity contribution in [1.82, 2.24) is 0 Å². The molecule has 1 fully saturated rings. The first-order valence-corrected chi connectivity index (χ1v) is 11.6. The molecule has 1 radical (unpaired) electrons. The van der Waals surface area contributed by atoms with Crippen molar-refractivity contribution in [3.8, 4) is 0 Å². The van der Waals surface area contributed by atoms with E-state index in [1.807, 2.05) is 42.1 Å². The Morgan fingerprint density at radius 1 is 1.10 bits per heavy atom. The van der Waals surface area contributed by atoms with Crippen LogP contribution < -0.4 is 0 Å². The van der Waals surface area contributed by atoms with Gasteiger partial charge in [0.1, 0.15) is 6.17 Å². The van der Waals surface area contributed by atoms with E-state index in [1.54, 1.807) is 13.8 Å². The van der Waals surface area contributed by atoms with Crippen LogP contribution in [0.25, 0.3) is 0 Å². The fourth-order valence-corrected chi connectivity index (χ4v) is 4.23. The Morgan fingerprint density at radius 3 is 2.30 bits per heavy atom. The van der Waals surface area contributed by atoms with Gasteiger partial charge in [0.2, 0.25) is 0 Å². The molecule has 4 nitrogen and oxygen atoms in total. The van der Waals surface area contributed by atoms with Crippen LogP contribution in [0.3, 0.4) is 0 Å². The van der Waals surface area contributed by atoms with Crippen LogP contribution in [0.4, 0.5) is 4.39 Å². The number of hydrogen-bond donors (Lipinski definition) is 2. The largest absolute Gasteiger partial charge is 0.433 e.